The highest BCUT2D eigenvalue weighted by Crippen LogP contribution is 2.31. The zero-order valence-electron chi connectivity index (χ0n) is 13.8. The SMILES string of the molecule is COc1ccc(SCC(=O)Nc2cccc(C)c2C)cc1OC. The van der Waals surface area contributed by atoms with E-state index in [1.807, 2.05) is 50.2 Å². The van der Waals surface area contributed by atoms with E-state index >= 15 is 0 Å². The fourth-order valence-electron chi connectivity index (χ4n) is 2.13. The van der Waals surface area contributed by atoms with Crippen LogP contribution in [0.4, 0.5) is 5.69 Å². The first-order valence-corrected chi connectivity index (χ1v) is 8.24. The van der Waals surface area contributed by atoms with Crippen molar-refractivity contribution in [1.29, 1.82) is 0 Å². The molecule has 122 valence electrons. The van der Waals surface area contributed by atoms with Crippen molar-refractivity contribution in [2.24, 2.45) is 0 Å². The van der Waals surface area contributed by atoms with Crippen LogP contribution in [-0.4, -0.2) is 25.9 Å². The van der Waals surface area contributed by atoms with Crippen molar-refractivity contribution in [2.45, 2.75) is 18.7 Å². The molecule has 0 atom stereocenters. The maximum Gasteiger partial charge on any atom is 0.234 e. The van der Waals surface area contributed by atoms with E-state index < -0.39 is 0 Å². The quantitative estimate of drug-likeness (QED) is 0.811. The summed E-state index contributed by atoms with van der Waals surface area (Å²) < 4.78 is 10.5. The first-order valence-electron chi connectivity index (χ1n) is 7.26. The van der Waals surface area contributed by atoms with Crippen molar-refractivity contribution in [1.82, 2.24) is 0 Å². The molecule has 2 aromatic rings. The zero-order valence-corrected chi connectivity index (χ0v) is 14.6. The molecular formula is C18H21NO3S. The summed E-state index contributed by atoms with van der Waals surface area (Å²) in [6, 6.07) is 11.5. The van der Waals surface area contributed by atoms with Crippen LogP contribution in [0, 0.1) is 13.8 Å². The minimum atomic E-state index is -0.0292. The lowest BCUT2D eigenvalue weighted by atomic mass is 10.1. The molecule has 1 amide bonds. The van der Waals surface area contributed by atoms with Crippen molar-refractivity contribution in [2.75, 3.05) is 25.3 Å². The molecule has 0 aromatic heterocycles. The number of methoxy groups -OCH3 is 2. The monoisotopic (exact) mass is 331 g/mol. The Kier molecular flexibility index (Phi) is 5.93. The second-order valence-electron chi connectivity index (χ2n) is 5.10. The molecule has 23 heavy (non-hydrogen) atoms. The second-order valence-corrected chi connectivity index (χ2v) is 6.15. The third kappa shape index (κ3) is 4.42. The first-order chi connectivity index (χ1) is 11.0. The highest BCUT2D eigenvalue weighted by atomic mass is 32.2. The summed E-state index contributed by atoms with van der Waals surface area (Å²) in [6.07, 6.45) is 0. The highest BCUT2D eigenvalue weighted by Gasteiger charge is 2.09. The summed E-state index contributed by atoms with van der Waals surface area (Å²) >= 11 is 1.46. The summed E-state index contributed by atoms with van der Waals surface area (Å²) in [4.78, 5) is 13.1. The fourth-order valence-corrected chi connectivity index (χ4v) is 2.85. The molecule has 0 saturated carbocycles. The topological polar surface area (TPSA) is 47.6 Å². The van der Waals surface area contributed by atoms with Crippen molar-refractivity contribution < 1.29 is 14.3 Å². The molecule has 0 spiro atoms. The molecule has 5 heteroatoms. The predicted octanol–water partition coefficient (Wildman–Crippen LogP) is 4.05. The summed E-state index contributed by atoms with van der Waals surface area (Å²) in [5, 5.41) is 2.96. The molecule has 0 aliphatic heterocycles. The van der Waals surface area contributed by atoms with E-state index in [-0.39, 0.29) is 5.91 Å². The van der Waals surface area contributed by atoms with Gasteiger partial charge in [-0.1, -0.05) is 12.1 Å². The maximum atomic E-state index is 12.1. The molecule has 0 heterocycles. The van der Waals surface area contributed by atoms with E-state index in [2.05, 4.69) is 5.32 Å². The summed E-state index contributed by atoms with van der Waals surface area (Å²) in [5.74, 6) is 1.64. The van der Waals surface area contributed by atoms with Crippen molar-refractivity contribution >= 4 is 23.4 Å². The molecule has 1 N–H and O–H groups in total. The van der Waals surface area contributed by atoms with Gasteiger partial charge in [-0.3, -0.25) is 4.79 Å². The van der Waals surface area contributed by atoms with E-state index in [0.29, 0.717) is 17.3 Å². The molecule has 2 rings (SSSR count). The van der Waals surface area contributed by atoms with Gasteiger partial charge in [-0.15, -0.1) is 11.8 Å². The summed E-state index contributed by atoms with van der Waals surface area (Å²) in [7, 11) is 3.20. The Labute approximate surface area is 141 Å². The minimum absolute atomic E-state index is 0.0292. The summed E-state index contributed by atoms with van der Waals surface area (Å²) in [5.41, 5.74) is 3.12. The van der Waals surface area contributed by atoms with Gasteiger partial charge in [0.2, 0.25) is 5.91 Å². The van der Waals surface area contributed by atoms with Gasteiger partial charge in [0.1, 0.15) is 0 Å². The number of benzene rings is 2. The molecule has 0 aliphatic rings. The van der Waals surface area contributed by atoms with E-state index in [1.165, 1.54) is 11.8 Å². The number of ether oxygens (including phenoxy) is 2. The number of rotatable bonds is 6. The van der Waals surface area contributed by atoms with Crippen LogP contribution in [0.25, 0.3) is 0 Å². The lowest BCUT2D eigenvalue weighted by Crippen LogP contribution is -2.15. The molecule has 0 bridgehead atoms. The van der Waals surface area contributed by atoms with Gasteiger partial charge >= 0.3 is 0 Å². The van der Waals surface area contributed by atoms with E-state index in [0.717, 1.165) is 21.7 Å². The number of carbonyl (C=O) groups is 1. The van der Waals surface area contributed by atoms with Crippen LogP contribution in [-0.2, 0) is 4.79 Å². The Hall–Kier alpha value is -2.14. The molecule has 0 radical (unpaired) electrons. The van der Waals surface area contributed by atoms with E-state index in [9.17, 15) is 4.79 Å². The van der Waals surface area contributed by atoms with Crippen molar-refractivity contribution in [3.8, 4) is 11.5 Å². The number of carbonyl (C=O) groups excluding carboxylic acids is 1. The fraction of sp³-hybridized carbons (Fsp3) is 0.278. The Bertz CT molecular complexity index is 701. The highest BCUT2D eigenvalue weighted by molar-refractivity contribution is 8.00. The van der Waals surface area contributed by atoms with Crippen molar-refractivity contribution in [3.63, 3.8) is 0 Å². The largest absolute Gasteiger partial charge is 0.493 e. The van der Waals surface area contributed by atoms with Gasteiger partial charge in [0.25, 0.3) is 0 Å². The first kappa shape index (κ1) is 17.2. The minimum Gasteiger partial charge on any atom is -0.493 e. The van der Waals surface area contributed by atoms with Gasteiger partial charge in [0, 0.05) is 10.6 Å². The molecule has 0 aliphatic carbocycles. The Morgan fingerprint density at radius 1 is 1.09 bits per heavy atom. The van der Waals surface area contributed by atoms with Gasteiger partial charge < -0.3 is 14.8 Å². The third-order valence-electron chi connectivity index (χ3n) is 3.60. The van der Waals surface area contributed by atoms with Gasteiger partial charge in [-0.2, -0.15) is 0 Å². The van der Waals surface area contributed by atoms with E-state index in [4.69, 9.17) is 9.47 Å². The summed E-state index contributed by atoms with van der Waals surface area (Å²) in [6.45, 7) is 4.04. The number of thioether (sulfide) groups is 1. The Morgan fingerprint density at radius 2 is 1.83 bits per heavy atom. The molecular weight excluding hydrogens is 310 g/mol. The van der Waals surface area contributed by atoms with Crippen LogP contribution >= 0.6 is 11.8 Å². The van der Waals surface area contributed by atoms with Gasteiger partial charge in [-0.25, -0.2) is 0 Å². The molecule has 0 unspecified atom stereocenters. The zero-order chi connectivity index (χ0) is 16.8. The van der Waals surface area contributed by atoms with Crippen LogP contribution in [0.3, 0.4) is 0 Å². The number of nitrogens with one attached hydrogen (secondary N) is 1. The lowest BCUT2D eigenvalue weighted by molar-refractivity contribution is -0.113. The predicted molar refractivity (Wildman–Crippen MR) is 94.8 cm³/mol. The van der Waals surface area contributed by atoms with Gasteiger partial charge in [0.15, 0.2) is 11.5 Å². The van der Waals surface area contributed by atoms with Crippen LogP contribution < -0.4 is 14.8 Å². The number of hydrogen-bond acceptors (Lipinski definition) is 4. The second kappa shape index (κ2) is 7.92. The molecule has 2 aromatic carbocycles. The Morgan fingerprint density at radius 3 is 2.52 bits per heavy atom. The third-order valence-corrected chi connectivity index (χ3v) is 4.60. The van der Waals surface area contributed by atoms with Crippen LogP contribution in [0.2, 0.25) is 0 Å². The molecule has 0 fully saturated rings. The average molecular weight is 331 g/mol. The van der Waals surface area contributed by atoms with E-state index in [1.54, 1.807) is 14.2 Å². The van der Waals surface area contributed by atoms with Crippen LogP contribution in [0.15, 0.2) is 41.3 Å². The number of amides is 1. The standard InChI is InChI=1S/C18H21NO3S/c1-12-6-5-7-15(13(12)2)19-18(20)11-23-14-8-9-16(21-3)17(10-14)22-4/h5-10H,11H2,1-4H3,(H,19,20). The Balaban J connectivity index is 1.98. The molecule has 0 saturated heterocycles. The van der Waals surface area contributed by atoms with Gasteiger partial charge in [0.05, 0.1) is 20.0 Å². The van der Waals surface area contributed by atoms with Crippen LogP contribution in [0.1, 0.15) is 11.1 Å². The number of hydrogen-bond donors (Lipinski definition) is 1. The average Bonchev–Trinajstić information content (AvgIpc) is 2.56. The smallest absolute Gasteiger partial charge is 0.234 e. The number of aryl methyl sites for hydroxylation is 1. The number of anilines is 1. The van der Waals surface area contributed by atoms with Gasteiger partial charge in [-0.05, 0) is 49.2 Å². The normalized spacial score (nSPS) is 10.3. The maximum absolute atomic E-state index is 12.1. The van der Waals surface area contributed by atoms with Crippen molar-refractivity contribution in [3.05, 3.63) is 47.5 Å². The molecule has 4 nitrogen and oxygen atoms in total. The van der Waals surface area contributed by atoms with Crippen LogP contribution in [0.5, 0.6) is 11.5 Å². The lowest BCUT2D eigenvalue weighted by Gasteiger charge is -2.11.